The molecule has 0 bridgehead atoms. The highest BCUT2D eigenvalue weighted by Gasteiger charge is 2.41. The van der Waals surface area contributed by atoms with Gasteiger partial charge in [0.2, 0.25) is 0 Å². The number of hydrogen-bond donors (Lipinski definition) is 1. The Labute approximate surface area is 185 Å². The van der Waals surface area contributed by atoms with Crippen LogP contribution in [0.4, 0.5) is 19.0 Å². The van der Waals surface area contributed by atoms with E-state index in [2.05, 4.69) is 10.4 Å². The zero-order valence-electron chi connectivity index (χ0n) is 17.2. The van der Waals surface area contributed by atoms with Crippen LogP contribution in [0.25, 0.3) is 0 Å². The number of hydrazine groups is 1. The number of esters is 2. The minimum atomic E-state index is -4.73. The fourth-order valence-electron chi connectivity index (χ4n) is 2.80. The Morgan fingerprint density at radius 3 is 2.16 bits per heavy atom. The standard InChI is InChI=1S/C19H19ClF3N3O6/c1-4-31-17(29)11(18(30)32-5-2)8-10-9(3)15(27)26(16(10)28)25-13-7-6-12(14(20)24-13)19(21,22)23/h6-7,11H,4-5,8H2,1-3H3,(H,24,25). The summed E-state index contributed by atoms with van der Waals surface area (Å²) in [4.78, 5) is 53.2. The van der Waals surface area contributed by atoms with Crippen molar-refractivity contribution in [2.75, 3.05) is 18.6 Å². The number of halogens is 4. The quantitative estimate of drug-likeness (QED) is 0.263. The van der Waals surface area contributed by atoms with Crippen LogP contribution in [0.15, 0.2) is 23.3 Å². The maximum atomic E-state index is 12.8. The van der Waals surface area contributed by atoms with Crippen molar-refractivity contribution in [3.05, 3.63) is 34.0 Å². The second kappa shape index (κ2) is 9.98. The number of pyridine rings is 1. The topological polar surface area (TPSA) is 115 Å². The molecule has 0 radical (unpaired) electrons. The number of carbonyl (C=O) groups is 4. The number of carbonyl (C=O) groups excluding carboxylic acids is 4. The molecule has 0 aromatic carbocycles. The van der Waals surface area contributed by atoms with Crippen molar-refractivity contribution in [3.63, 3.8) is 0 Å². The normalized spacial score (nSPS) is 14.3. The number of amides is 2. The summed E-state index contributed by atoms with van der Waals surface area (Å²) in [7, 11) is 0. The molecule has 0 fully saturated rings. The minimum absolute atomic E-state index is 0.0202. The monoisotopic (exact) mass is 477 g/mol. The van der Waals surface area contributed by atoms with Crippen LogP contribution in [-0.4, -0.2) is 47.0 Å². The van der Waals surface area contributed by atoms with Gasteiger partial charge in [-0.2, -0.15) is 18.2 Å². The Kier molecular flexibility index (Phi) is 7.83. The summed E-state index contributed by atoms with van der Waals surface area (Å²) in [6, 6.07) is 1.53. The van der Waals surface area contributed by atoms with Crippen LogP contribution in [0, 0.1) is 5.92 Å². The molecule has 0 spiro atoms. The fourth-order valence-corrected chi connectivity index (χ4v) is 3.06. The Hall–Kier alpha value is -3.15. The maximum Gasteiger partial charge on any atom is 0.419 e. The summed E-state index contributed by atoms with van der Waals surface area (Å²) in [5, 5.41) is -0.375. The molecule has 32 heavy (non-hydrogen) atoms. The molecule has 13 heteroatoms. The van der Waals surface area contributed by atoms with Crippen molar-refractivity contribution >= 4 is 41.2 Å². The van der Waals surface area contributed by atoms with E-state index in [4.69, 9.17) is 21.1 Å². The predicted molar refractivity (Wildman–Crippen MR) is 104 cm³/mol. The van der Waals surface area contributed by atoms with Gasteiger partial charge in [-0.25, -0.2) is 4.98 Å². The van der Waals surface area contributed by atoms with Crippen LogP contribution in [-0.2, 0) is 34.8 Å². The van der Waals surface area contributed by atoms with Gasteiger partial charge in [0.15, 0.2) is 5.92 Å². The molecule has 1 aliphatic heterocycles. The lowest BCUT2D eigenvalue weighted by atomic mass is 9.97. The summed E-state index contributed by atoms with van der Waals surface area (Å²) >= 11 is 5.55. The first-order chi connectivity index (χ1) is 14.9. The van der Waals surface area contributed by atoms with Gasteiger partial charge in [-0.15, -0.1) is 0 Å². The number of rotatable bonds is 8. The Morgan fingerprint density at radius 2 is 1.69 bits per heavy atom. The van der Waals surface area contributed by atoms with E-state index in [-0.39, 0.29) is 30.2 Å². The second-order valence-electron chi connectivity index (χ2n) is 6.45. The lowest BCUT2D eigenvalue weighted by Gasteiger charge is -2.18. The molecule has 2 amide bonds. The molecule has 174 valence electrons. The third-order valence-corrected chi connectivity index (χ3v) is 4.66. The van der Waals surface area contributed by atoms with Gasteiger partial charge in [0.05, 0.1) is 18.8 Å². The SMILES string of the molecule is CCOC(=O)C(CC1=C(C)C(=O)N(Nc2ccc(C(F)(F)F)c(Cl)n2)C1=O)C(=O)OCC. The van der Waals surface area contributed by atoms with E-state index in [1.54, 1.807) is 0 Å². The number of aromatic nitrogens is 1. The Balaban J connectivity index is 2.25. The smallest absolute Gasteiger partial charge is 0.419 e. The molecule has 2 heterocycles. The van der Waals surface area contributed by atoms with Crippen LogP contribution in [0.1, 0.15) is 32.8 Å². The highest BCUT2D eigenvalue weighted by Crippen LogP contribution is 2.34. The number of nitrogens with one attached hydrogen (secondary N) is 1. The molecule has 1 aliphatic rings. The highest BCUT2D eigenvalue weighted by atomic mass is 35.5. The molecule has 1 aromatic heterocycles. The zero-order chi connectivity index (χ0) is 24.2. The Morgan fingerprint density at radius 1 is 1.12 bits per heavy atom. The number of anilines is 1. The Bertz CT molecular complexity index is 962. The third-order valence-electron chi connectivity index (χ3n) is 4.37. The predicted octanol–water partition coefficient (Wildman–Crippen LogP) is 2.90. The highest BCUT2D eigenvalue weighted by molar-refractivity contribution is 6.30. The summed E-state index contributed by atoms with van der Waals surface area (Å²) in [5.41, 5.74) is 0.879. The van der Waals surface area contributed by atoms with Crippen molar-refractivity contribution in [1.82, 2.24) is 9.99 Å². The lowest BCUT2D eigenvalue weighted by Crippen LogP contribution is -2.38. The van der Waals surface area contributed by atoms with Gasteiger partial charge in [-0.1, -0.05) is 11.6 Å². The van der Waals surface area contributed by atoms with E-state index < -0.39 is 53.0 Å². The van der Waals surface area contributed by atoms with E-state index in [1.165, 1.54) is 20.8 Å². The van der Waals surface area contributed by atoms with Gasteiger partial charge in [0.1, 0.15) is 11.0 Å². The molecule has 1 N–H and O–H groups in total. The third kappa shape index (κ3) is 5.36. The summed E-state index contributed by atoms with van der Waals surface area (Å²) in [6.07, 6.45) is -5.20. The van der Waals surface area contributed by atoms with Gasteiger partial charge in [0.25, 0.3) is 11.8 Å². The van der Waals surface area contributed by atoms with Gasteiger partial charge < -0.3 is 9.47 Å². The number of ether oxygens (including phenoxy) is 2. The lowest BCUT2D eigenvalue weighted by molar-refractivity contribution is -0.161. The minimum Gasteiger partial charge on any atom is -0.465 e. The number of alkyl halides is 3. The van der Waals surface area contributed by atoms with Crippen LogP contribution >= 0.6 is 11.6 Å². The average Bonchev–Trinajstić information content (AvgIpc) is 2.89. The average molecular weight is 478 g/mol. The van der Waals surface area contributed by atoms with Crippen molar-refractivity contribution < 1.29 is 41.8 Å². The molecular weight excluding hydrogens is 459 g/mol. The molecule has 0 unspecified atom stereocenters. The van der Waals surface area contributed by atoms with Gasteiger partial charge in [-0.3, -0.25) is 24.6 Å². The van der Waals surface area contributed by atoms with E-state index >= 15 is 0 Å². The molecule has 0 aliphatic carbocycles. The molecule has 2 rings (SSSR count). The van der Waals surface area contributed by atoms with Gasteiger partial charge in [-0.05, 0) is 32.9 Å². The van der Waals surface area contributed by atoms with E-state index in [9.17, 15) is 32.3 Å². The van der Waals surface area contributed by atoms with Crippen LogP contribution in [0.2, 0.25) is 5.15 Å². The second-order valence-corrected chi connectivity index (χ2v) is 6.81. The fraction of sp³-hybridized carbons (Fsp3) is 0.421. The van der Waals surface area contributed by atoms with E-state index in [0.717, 1.165) is 6.07 Å². The van der Waals surface area contributed by atoms with Gasteiger partial charge >= 0.3 is 18.1 Å². The van der Waals surface area contributed by atoms with Crippen molar-refractivity contribution in [1.29, 1.82) is 0 Å². The van der Waals surface area contributed by atoms with Crippen molar-refractivity contribution in [2.24, 2.45) is 5.92 Å². The number of hydrogen-bond acceptors (Lipinski definition) is 8. The summed E-state index contributed by atoms with van der Waals surface area (Å²) in [5.74, 6) is -5.37. The first-order valence-corrected chi connectivity index (χ1v) is 9.72. The van der Waals surface area contributed by atoms with Crippen LogP contribution < -0.4 is 5.43 Å². The first-order valence-electron chi connectivity index (χ1n) is 9.34. The van der Waals surface area contributed by atoms with Gasteiger partial charge in [0, 0.05) is 17.6 Å². The molecule has 0 atom stereocenters. The first kappa shape index (κ1) is 25.1. The van der Waals surface area contributed by atoms with Crippen LogP contribution in [0.3, 0.4) is 0 Å². The summed E-state index contributed by atoms with van der Waals surface area (Å²) in [6.45, 7) is 4.32. The number of nitrogens with zero attached hydrogens (tertiary/aromatic N) is 2. The van der Waals surface area contributed by atoms with Crippen LogP contribution in [0.5, 0.6) is 0 Å². The van der Waals surface area contributed by atoms with Crippen molar-refractivity contribution in [2.45, 2.75) is 33.4 Å². The molecule has 1 aromatic rings. The van der Waals surface area contributed by atoms with E-state index in [0.29, 0.717) is 11.1 Å². The molecule has 0 saturated heterocycles. The largest absolute Gasteiger partial charge is 0.465 e. The molecule has 0 saturated carbocycles. The zero-order valence-corrected chi connectivity index (χ0v) is 18.0. The number of imide groups is 1. The van der Waals surface area contributed by atoms with Crippen molar-refractivity contribution in [3.8, 4) is 0 Å². The molecule has 9 nitrogen and oxygen atoms in total. The van der Waals surface area contributed by atoms with E-state index in [1.807, 2.05) is 0 Å². The molecular formula is C19H19ClF3N3O6. The summed E-state index contributed by atoms with van der Waals surface area (Å²) < 4.78 is 48.2. The maximum absolute atomic E-state index is 12.8.